The summed E-state index contributed by atoms with van der Waals surface area (Å²) in [5, 5.41) is 0. The van der Waals surface area contributed by atoms with Crippen LogP contribution in [0.2, 0.25) is 0 Å². The van der Waals surface area contributed by atoms with E-state index in [2.05, 4.69) is 18.5 Å². The quantitative estimate of drug-likeness (QED) is 0.783. The maximum Gasteiger partial charge on any atom is 0.243 e. The second-order valence-electron chi connectivity index (χ2n) is 4.08. The molecule has 0 fully saturated rings. The molecule has 9 heteroatoms. The number of nitrogens with zero attached hydrogens (tertiary/aromatic N) is 3. The van der Waals surface area contributed by atoms with E-state index < -0.39 is 10.0 Å². The van der Waals surface area contributed by atoms with Crippen molar-refractivity contribution in [2.24, 2.45) is 0 Å². The van der Waals surface area contributed by atoms with Gasteiger partial charge in [0, 0.05) is 0 Å². The molecule has 0 radical (unpaired) electrons. The van der Waals surface area contributed by atoms with Gasteiger partial charge >= 0.3 is 0 Å². The normalized spacial score (nSPS) is 12.1. The third-order valence-corrected chi connectivity index (χ3v) is 4.60. The molecule has 0 unspecified atom stereocenters. The van der Waals surface area contributed by atoms with Gasteiger partial charge in [0.15, 0.2) is 0 Å². The molecule has 0 amide bonds. The maximum atomic E-state index is 12.3. The van der Waals surface area contributed by atoms with Crippen LogP contribution >= 0.6 is 11.7 Å². The van der Waals surface area contributed by atoms with Gasteiger partial charge in [0.25, 0.3) is 0 Å². The molecule has 104 valence electrons. The summed E-state index contributed by atoms with van der Waals surface area (Å²) in [6.45, 7) is 1.73. The Morgan fingerprint density at radius 2 is 2.20 bits per heavy atom. The molecule has 7 nitrogen and oxygen atoms in total. The molecule has 0 saturated heterocycles. The van der Waals surface area contributed by atoms with Crippen molar-refractivity contribution in [1.29, 1.82) is 0 Å². The van der Waals surface area contributed by atoms with Gasteiger partial charge < -0.3 is 4.42 Å². The molecule has 3 aromatic rings. The van der Waals surface area contributed by atoms with E-state index in [4.69, 9.17) is 4.42 Å². The van der Waals surface area contributed by atoms with Gasteiger partial charge in [-0.3, -0.25) is 0 Å². The lowest BCUT2D eigenvalue weighted by molar-refractivity contribution is 0.463. The average Bonchev–Trinajstić information content (AvgIpc) is 3.04. The highest BCUT2D eigenvalue weighted by molar-refractivity contribution is 7.89. The van der Waals surface area contributed by atoms with E-state index in [-0.39, 0.29) is 11.4 Å². The molecule has 0 bridgehead atoms. The number of aromatic nitrogens is 3. The fourth-order valence-electron chi connectivity index (χ4n) is 1.72. The number of hydrogen-bond acceptors (Lipinski definition) is 7. The van der Waals surface area contributed by atoms with Crippen molar-refractivity contribution in [3.05, 3.63) is 36.0 Å². The summed E-state index contributed by atoms with van der Waals surface area (Å²) < 4.78 is 40.3. The van der Waals surface area contributed by atoms with E-state index in [1.54, 1.807) is 19.1 Å². The van der Waals surface area contributed by atoms with E-state index in [0.717, 1.165) is 11.7 Å². The average molecular weight is 310 g/mol. The molecule has 0 aliphatic rings. The Bertz CT molecular complexity index is 853. The Kier molecular flexibility index (Phi) is 3.24. The number of benzene rings is 1. The molecule has 1 aromatic carbocycles. The summed E-state index contributed by atoms with van der Waals surface area (Å²) in [6, 6.07) is 4.84. The number of aryl methyl sites for hydroxylation is 1. The van der Waals surface area contributed by atoms with Gasteiger partial charge in [-0.15, -0.1) is 0 Å². The van der Waals surface area contributed by atoms with E-state index in [0.29, 0.717) is 22.7 Å². The fraction of sp³-hybridized carbons (Fsp3) is 0.182. The zero-order valence-electron chi connectivity index (χ0n) is 10.4. The van der Waals surface area contributed by atoms with Gasteiger partial charge in [-0.05, 0) is 19.1 Å². The van der Waals surface area contributed by atoms with Crippen molar-refractivity contribution in [2.75, 3.05) is 0 Å². The number of rotatable bonds is 4. The molecular formula is C11H10N4O3S2. The van der Waals surface area contributed by atoms with Crippen LogP contribution in [0.5, 0.6) is 0 Å². The van der Waals surface area contributed by atoms with Crippen LogP contribution in [0, 0.1) is 6.92 Å². The monoisotopic (exact) mass is 310 g/mol. The predicted octanol–water partition coefficient (Wildman–Crippen LogP) is 1.47. The number of nitrogens with one attached hydrogen (secondary N) is 1. The van der Waals surface area contributed by atoms with Crippen molar-refractivity contribution in [3.8, 4) is 0 Å². The van der Waals surface area contributed by atoms with Crippen LogP contribution in [0.1, 0.15) is 11.7 Å². The summed E-state index contributed by atoms with van der Waals surface area (Å²) in [6.07, 6.45) is 1.54. The molecule has 0 spiro atoms. The fourth-order valence-corrected chi connectivity index (χ4v) is 3.45. The number of sulfonamides is 1. The van der Waals surface area contributed by atoms with E-state index >= 15 is 0 Å². The summed E-state index contributed by atoms with van der Waals surface area (Å²) in [4.78, 5) is 4.05. The molecule has 0 aliphatic heterocycles. The van der Waals surface area contributed by atoms with E-state index in [9.17, 15) is 8.42 Å². The third kappa shape index (κ3) is 2.42. The van der Waals surface area contributed by atoms with Crippen molar-refractivity contribution in [2.45, 2.75) is 18.4 Å². The highest BCUT2D eigenvalue weighted by Gasteiger charge is 2.19. The van der Waals surface area contributed by atoms with Crippen LogP contribution in [0.4, 0.5) is 0 Å². The molecule has 2 aromatic heterocycles. The summed E-state index contributed by atoms with van der Waals surface area (Å²) in [5.74, 6) is 0.944. The lowest BCUT2D eigenvalue weighted by Gasteiger charge is -2.05. The molecule has 0 saturated carbocycles. The lowest BCUT2D eigenvalue weighted by atomic mass is 10.3. The van der Waals surface area contributed by atoms with Gasteiger partial charge in [0.1, 0.15) is 21.7 Å². The van der Waals surface area contributed by atoms with Gasteiger partial charge in [-0.25, -0.2) is 18.1 Å². The smallest absolute Gasteiger partial charge is 0.243 e. The minimum absolute atomic E-state index is 0.00979. The Morgan fingerprint density at radius 1 is 1.35 bits per heavy atom. The minimum Gasteiger partial charge on any atom is -0.445 e. The topological polar surface area (TPSA) is 98.0 Å². The van der Waals surface area contributed by atoms with Crippen LogP contribution < -0.4 is 4.72 Å². The highest BCUT2D eigenvalue weighted by atomic mass is 32.2. The second-order valence-corrected chi connectivity index (χ2v) is 6.34. The van der Waals surface area contributed by atoms with Crippen molar-refractivity contribution < 1.29 is 12.8 Å². The summed E-state index contributed by atoms with van der Waals surface area (Å²) in [7, 11) is -3.69. The van der Waals surface area contributed by atoms with E-state index in [1.807, 2.05) is 0 Å². The minimum atomic E-state index is -3.69. The van der Waals surface area contributed by atoms with Crippen LogP contribution in [0.25, 0.3) is 11.0 Å². The molecular weight excluding hydrogens is 300 g/mol. The third-order valence-electron chi connectivity index (χ3n) is 2.62. The Hall–Kier alpha value is -1.84. The maximum absolute atomic E-state index is 12.3. The molecule has 0 aliphatic carbocycles. The molecule has 0 atom stereocenters. The Labute approximate surface area is 119 Å². The molecule has 3 rings (SSSR count). The van der Waals surface area contributed by atoms with Crippen LogP contribution in [-0.4, -0.2) is 22.1 Å². The number of oxazole rings is 1. The largest absolute Gasteiger partial charge is 0.445 e. The van der Waals surface area contributed by atoms with Crippen LogP contribution in [0.3, 0.4) is 0 Å². The van der Waals surface area contributed by atoms with Crippen molar-refractivity contribution in [3.63, 3.8) is 0 Å². The van der Waals surface area contributed by atoms with Gasteiger partial charge in [0.2, 0.25) is 15.9 Å². The van der Waals surface area contributed by atoms with Gasteiger partial charge in [-0.1, -0.05) is 6.07 Å². The predicted molar refractivity (Wildman–Crippen MR) is 72.7 cm³/mol. The van der Waals surface area contributed by atoms with Crippen LogP contribution in [0.15, 0.2) is 33.7 Å². The second kappa shape index (κ2) is 4.93. The molecule has 20 heavy (non-hydrogen) atoms. The van der Waals surface area contributed by atoms with Gasteiger partial charge in [-0.2, -0.15) is 8.75 Å². The lowest BCUT2D eigenvalue weighted by Crippen LogP contribution is -2.23. The first kappa shape index (κ1) is 13.2. The first-order valence-corrected chi connectivity index (χ1v) is 7.90. The summed E-state index contributed by atoms with van der Waals surface area (Å²) >= 11 is 0.978. The first-order chi connectivity index (χ1) is 9.56. The standard InChI is InChI=1S/C11H10N4O3S2/c1-7-5-12-10(18-7)6-13-20(16,17)9-4-2-3-8-11(9)15-19-14-8/h2-5,13H,6H2,1H3. The highest BCUT2D eigenvalue weighted by Crippen LogP contribution is 2.21. The zero-order valence-corrected chi connectivity index (χ0v) is 12.0. The zero-order chi connectivity index (χ0) is 14.2. The summed E-state index contributed by atoms with van der Waals surface area (Å²) in [5.41, 5.74) is 0.929. The van der Waals surface area contributed by atoms with Crippen molar-refractivity contribution in [1.82, 2.24) is 18.5 Å². The Balaban J connectivity index is 1.90. The molecule has 1 N–H and O–H groups in total. The van der Waals surface area contributed by atoms with Crippen molar-refractivity contribution >= 4 is 32.8 Å². The SMILES string of the molecule is Cc1cnc(CNS(=O)(=O)c2cccc3nsnc23)o1. The first-order valence-electron chi connectivity index (χ1n) is 5.68. The van der Waals surface area contributed by atoms with Crippen LogP contribution in [-0.2, 0) is 16.6 Å². The number of fused-ring (bicyclic) bond motifs is 1. The number of hydrogen-bond donors (Lipinski definition) is 1. The molecule has 2 heterocycles. The van der Waals surface area contributed by atoms with E-state index in [1.165, 1.54) is 12.3 Å². The van der Waals surface area contributed by atoms with Gasteiger partial charge in [0.05, 0.1) is 24.5 Å². The Morgan fingerprint density at radius 3 is 2.95 bits per heavy atom.